The zero-order valence-corrected chi connectivity index (χ0v) is 7.62. The second-order valence-corrected chi connectivity index (χ2v) is 3.61. The number of allylic oxidation sites excluding steroid dienone is 1. The molecule has 0 bridgehead atoms. The Labute approximate surface area is 68.5 Å². The highest BCUT2D eigenvalue weighted by atomic mass is 16.1. The van der Waals surface area contributed by atoms with Gasteiger partial charge in [-0.3, -0.25) is 4.79 Å². The maximum atomic E-state index is 11.2. The van der Waals surface area contributed by atoms with E-state index in [4.69, 9.17) is 0 Å². The van der Waals surface area contributed by atoms with Gasteiger partial charge in [-0.05, 0) is 18.4 Å². The molecule has 0 radical (unpaired) electrons. The average molecular weight is 150 g/mol. The predicted molar refractivity (Wildman–Crippen MR) is 47.1 cm³/mol. The summed E-state index contributed by atoms with van der Waals surface area (Å²) in [5, 5.41) is 0. The summed E-state index contributed by atoms with van der Waals surface area (Å²) in [5.41, 5.74) is 0.366. The van der Waals surface area contributed by atoms with Gasteiger partial charge in [-0.2, -0.15) is 0 Å². The van der Waals surface area contributed by atoms with Gasteiger partial charge in [0.05, 0.1) is 0 Å². The monoisotopic (exact) mass is 150 g/mol. The quantitative estimate of drug-likeness (QED) is 0.382. The topological polar surface area (TPSA) is 17.1 Å². The van der Waals surface area contributed by atoms with E-state index < -0.39 is 0 Å². The third kappa shape index (κ3) is 4.38. The molecule has 0 aliphatic heterocycles. The lowest BCUT2D eigenvalue weighted by Gasteiger charge is -2.10. The van der Waals surface area contributed by atoms with Gasteiger partial charge in [0.2, 0.25) is 5.78 Å². The molecule has 0 amide bonds. The number of rotatable bonds is 0. The van der Waals surface area contributed by atoms with E-state index in [-0.39, 0.29) is 11.2 Å². The molecule has 0 fully saturated rings. The summed E-state index contributed by atoms with van der Waals surface area (Å²) in [6, 6.07) is 0. The molecule has 0 aliphatic carbocycles. The smallest absolute Gasteiger partial charge is 0.211 e. The normalized spacial score (nSPS) is 9.82. The van der Waals surface area contributed by atoms with Crippen LogP contribution in [-0.2, 0) is 4.79 Å². The molecular formula is C10H14O. The van der Waals surface area contributed by atoms with Gasteiger partial charge in [0, 0.05) is 5.41 Å². The number of carbonyl (C=O) groups excluding carboxylic acids is 1. The molecule has 0 aliphatic rings. The molecule has 0 N–H and O–H groups in total. The fourth-order valence-corrected chi connectivity index (χ4v) is 0.351. The molecular weight excluding hydrogens is 136 g/mol. The second kappa shape index (κ2) is 3.39. The van der Waals surface area contributed by atoms with Gasteiger partial charge in [-0.25, -0.2) is 0 Å². The first-order valence-electron chi connectivity index (χ1n) is 3.56. The van der Waals surface area contributed by atoms with E-state index in [0.29, 0.717) is 0 Å². The lowest BCUT2D eigenvalue weighted by molar-refractivity contribution is -0.120. The first-order chi connectivity index (χ1) is 4.84. The molecule has 11 heavy (non-hydrogen) atoms. The Hall–Kier alpha value is -1.03. The van der Waals surface area contributed by atoms with Crippen LogP contribution in [-0.4, -0.2) is 5.78 Å². The van der Waals surface area contributed by atoms with Gasteiger partial charge in [0.25, 0.3) is 0 Å². The van der Waals surface area contributed by atoms with Crippen molar-refractivity contribution in [2.24, 2.45) is 5.41 Å². The Morgan fingerprint density at radius 1 is 1.27 bits per heavy atom. The Balaban J connectivity index is 4.35. The molecule has 0 aromatic carbocycles. The van der Waals surface area contributed by atoms with E-state index in [1.165, 1.54) is 0 Å². The van der Waals surface area contributed by atoms with Crippen LogP contribution in [0.3, 0.4) is 0 Å². The summed E-state index contributed by atoms with van der Waals surface area (Å²) < 4.78 is 0. The van der Waals surface area contributed by atoms with Crippen molar-refractivity contribution in [3.63, 3.8) is 0 Å². The molecule has 60 valence electrons. The van der Waals surface area contributed by atoms with Crippen molar-refractivity contribution in [1.29, 1.82) is 0 Å². The molecule has 0 heterocycles. The molecule has 1 nitrogen and oxygen atoms in total. The molecule has 0 saturated carbocycles. The zero-order chi connectivity index (χ0) is 9.07. The van der Waals surface area contributed by atoms with Crippen molar-refractivity contribution < 1.29 is 4.79 Å². The molecule has 0 aromatic rings. The van der Waals surface area contributed by atoms with E-state index >= 15 is 0 Å². The lowest BCUT2D eigenvalue weighted by atomic mass is 9.91. The van der Waals surface area contributed by atoms with Crippen molar-refractivity contribution >= 4 is 5.78 Å². The number of hydrogen-bond acceptors (Lipinski definition) is 1. The second-order valence-electron chi connectivity index (χ2n) is 3.61. The van der Waals surface area contributed by atoms with Gasteiger partial charge in [0.1, 0.15) is 0 Å². The van der Waals surface area contributed by atoms with Crippen LogP contribution in [0.4, 0.5) is 0 Å². The van der Waals surface area contributed by atoms with Crippen molar-refractivity contribution in [2.45, 2.75) is 27.7 Å². The van der Waals surface area contributed by atoms with Crippen LogP contribution < -0.4 is 0 Å². The molecule has 0 unspecified atom stereocenters. The van der Waals surface area contributed by atoms with Gasteiger partial charge in [0.15, 0.2) is 0 Å². The van der Waals surface area contributed by atoms with Gasteiger partial charge in [-0.15, -0.1) is 0 Å². The number of carbonyl (C=O) groups is 1. The zero-order valence-electron chi connectivity index (χ0n) is 7.62. The largest absolute Gasteiger partial charge is 0.284 e. The van der Waals surface area contributed by atoms with Crippen LogP contribution in [0, 0.1) is 17.3 Å². The Morgan fingerprint density at radius 2 is 1.73 bits per heavy atom. The number of ketones is 1. The summed E-state index contributed by atoms with van der Waals surface area (Å²) in [6.45, 7) is 10.9. The lowest BCUT2D eigenvalue weighted by Crippen LogP contribution is -2.17. The SMILES string of the molecule is C=C(C)C#CC(=O)C(C)(C)C. The average Bonchev–Trinajstić information content (AvgIpc) is 1.80. The first-order valence-corrected chi connectivity index (χ1v) is 3.56. The van der Waals surface area contributed by atoms with Crippen molar-refractivity contribution in [3.8, 4) is 11.8 Å². The molecule has 0 spiro atoms. The maximum absolute atomic E-state index is 11.2. The van der Waals surface area contributed by atoms with Crippen LogP contribution in [0.5, 0.6) is 0 Å². The molecule has 0 saturated heterocycles. The highest BCUT2D eigenvalue weighted by Crippen LogP contribution is 2.13. The van der Waals surface area contributed by atoms with E-state index in [1.54, 1.807) is 6.92 Å². The van der Waals surface area contributed by atoms with Crippen molar-refractivity contribution in [3.05, 3.63) is 12.2 Å². The number of Topliss-reactive ketones (excluding diaryl/α,β-unsaturated/α-hetero) is 1. The van der Waals surface area contributed by atoms with Crippen LogP contribution in [0.15, 0.2) is 12.2 Å². The molecule has 0 rings (SSSR count). The standard InChI is InChI=1S/C10H14O/c1-8(2)6-7-9(11)10(3,4)5/h1H2,2-5H3. The minimum Gasteiger partial charge on any atom is -0.284 e. The van der Waals surface area contributed by atoms with Gasteiger partial charge >= 0.3 is 0 Å². The van der Waals surface area contributed by atoms with Crippen molar-refractivity contribution in [2.75, 3.05) is 0 Å². The molecule has 0 atom stereocenters. The Kier molecular flexibility index (Phi) is 3.07. The van der Waals surface area contributed by atoms with E-state index in [0.717, 1.165) is 5.57 Å². The van der Waals surface area contributed by atoms with Crippen LogP contribution in [0.1, 0.15) is 27.7 Å². The van der Waals surface area contributed by atoms with E-state index in [2.05, 4.69) is 18.4 Å². The molecule has 1 heteroatoms. The highest BCUT2D eigenvalue weighted by Gasteiger charge is 2.18. The summed E-state index contributed by atoms with van der Waals surface area (Å²) in [7, 11) is 0. The summed E-state index contributed by atoms with van der Waals surface area (Å²) in [6.07, 6.45) is 0. The van der Waals surface area contributed by atoms with Crippen LogP contribution in [0.25, 0.3) is 0 Å². The summed E-state index contributed by atoms with van der Waals surface area (Å²) in [5.74, 6) is 5.15. The van der Waals surface area contributed by atoms with Crippen molar-refractivity contribution in [1.82, 2.24) is 0 Å². The highest BCUT2D eigenvalue weighted by molar-refractivity contribution is 5.99. The first kappa shape index (κ1) is 9.97. The Morgan fingerprint density at radius 3 is 2.00 bits per heavy atom. The maximum Gasteiger partial charge on any atom is 0.211 e. The minimum atomic E-state index is -0.359. The predicted octanol–water partition coefficient (Wildman–Crippen LogP) is 2.18. The Bertz CT molecular complexity index is 230. The van der Waals surface area contributed by atoms with Crippen LogP contribution >= 0.6 is 0 Å². The minimum absolute atomic E-state index is 0.0412. The fraction of sp³-hybridized carbons (Fsp3) is 0.500. The summed E-state index contributed by atoms with van der Waals surface area (Å²) >= 11 is 0. The van der Waals surface area contributed by atoms with Gasteiger partial charge < -0.3 is 0 Å². The third-order valence-electron chi connectivity index (χ3n) is 1.07. The molecule has 0 aromatic heterocycles. The fourth-order valence-electron chi connectivity index (χ4n) is 0.351. The third-order valence-corrected chi connectivity index (χ3v) is 1.07. The van der Waals surface area contributed by atoms with E-state index in [9.17, 15) is 4.79 Å². The summed E-state index contributed by atoms with van der Waals surface area (Å²) in [4.78, 5) is 11.2. The number of hydrogen-bond donors (Lipinski definition) is 0. The van der Waals surface area contributed by atoms with E-state index in [1.807, 2.05) is 20.8 Å². The van der Waals surface area contributed by atoms with Gasteiger partial charge in [-0.1, -0.05) is 33.3 Å². The van der Waals surface area contributed by atoms with Crippen LogP contribution in [0.2, 0.25) is 0 Å².